The summed E-state index contributed by atoms with van der Waals surface area (Å²) < 4.78 is 5.61. The zero-order chi connectivity index (χ0) is 24.1. The van der Waals surface area contributed by atoms with E-state index < -0.39 is 12.1 Å². The van der Waals surface area contributed by atoms with Gasteiger partial charge in [0.05, 0.1) is 0 Å². The number of aliphatic carboxylic acids is 1. The third-order valence-electron chi connectivity index (χ3n) is 6.75. The molecule has 1 atom stereocenters. The molecule has 0 aliphatic heterocycles. The van der Waals surface area contributed by atoms with Crippen molar-refractivity contribution in [3.8, 4) is 11.1 Å². The number of ether oxygens (including phenoxy) is 1. The lowest BCUT2D eigenvalue weighted by molar-refractivity contribution is -0.144. The van der Waals surface area contributed by atoms with Crippen LogP contribution in [0.1, 0.15) is 49.7 Å². The molecule has 2 aromatic rings. The molecule has 1 unspecified atom stereocenters. The SMILES string of the molecule is CCCN(CC(=O)O)C(=O)CC(CNC(=O)OCC1c2ccccc2-c2ccccc21)C1CC1. The fraction of sp³-hybridized carbons (Fsp3) is 0.444. The minimum absolute atomic E-state index is 0.00224. The summed E-state index contributed by atoms with van der Waals surface area (Å²) in [5.74, 6) is -0.818. The zero-order valence-electron chi connectivity index (χ0n) is 19.5. The Labute approximate surface area is 200 Å². The van der Waals surface area contributed by atoms with Crippen LogP contribution in [0.25, 0.3) is 11.1 Å². The largest absolute Gasteiger partial charge is 0.480 e. The van der Waals surface area contributed by atoms with Crippen LogP contribution in [0, 0.1) is 11.8 Å². The molecule has 2 amide bonds. The second kappa shape index (κ2) is 10.7. The number of hydrogen-bond acceptors (Lipinski definition) is 4. The molecule has 2 aromatic carbocycles. The van der Waals surface area contributed by atoms with Crippen LogP contribution < -0.4 is 5.32 Å². The molecule has 4 rings (SSSR count). The van der Waals surface area contributed by atoms with Gasteiger partial charge in [-0.2, -0.15) is 0 Å². The van der Waals surface area contributed by atoms with Crippen LogP contribution in [0.4, 0.5) is 4.79 Å². The van der Waals surface area contributed by atoms with Crippen molar-refractivity contribution in [1.82, 2.24) is 10.2 Å². The molecule has 0 radical (unpaired) electrons. The minimum Gasteiger partial charge on any atom is -0.480 e. The molecule has 2 N–H and O–H groups in total. The minimum atomic E-state index is -1.01. The standard InChI is InChI=1S/C27H32N2O5/c1-2-13-29(16-26(31)32)25(30)14-19(18-11-12-18)15-28-27(33)34-17-24-22-9-5-3-7-20(22)21-8-4-6-10-23(21)24/h3-10,18-19,24H,2,11-17H2,1H3,(H,28,33)(H,31,32). The first kappa shape index (κ1) is 23.8. The number of carbonyl (C=O) groups excluding carboxylic acids is 2. The van der Waals surface area contributed by atoms with Gasteiger partial charge in [0.2, 0.25) is 5.91 Å². The molecular weight excluding hydrogens is 432 g/mol. The molecule has 0 saturated heterocycles. The van der Waals surface area contributed by atoms with Crippen molar-refractivity contribution in [2.75, 3.05) is 26.2 Å². The van der Waals surface area contributed by atoms with Gasteiger partial charge in [-0.05, 0) is 53.4 Å². The van der Waals surface area contributed by atoms with Crippen LogP contribution >= 0.6 is 0 Å². The van der Waals surface area contributed by atoms with E-state index in [9.17, 15) is 14.4 Å². The quantitative estimate of drug-likeness (QED) is 0.518. The first-order valence-electron chi connectivity index (χ1n) is 12.1. The molecule has 0 aromatic heterocycles. The predicted molar refractivity (Wildman–Crippen MR) is 128 cm³/mol. The second-order valence-corrected chi connectivity index (χ2v) is 9.22. The third-order valence-corrected chi connectivity index (χ3v) is 6.75. The van der Waals surface area contributed by atoms with Crippen LogP contribution in [-0.2, 0) is 14.3 Å². The molecule has 7 nitrogen and oxygen atoms in total. The van der Waals surface area contributed by atoms with Gasteiger partial charge < -0.3 is 20.1 Å². The summed E-state index contributed by atoms with van der Waals surface area (Å²) in [7, 11) is 0. The number of alkyl carbamates (subject to hydrolysis) is 1. The lowest BCUT2D eigenvalue weighted by Gasteiger charge is -2.24. The van der Waals surface area contributed by atoms with E-state index >= 15 is 0 Å². The van der Waals surface area contributed by atoms with Gasteiger partial charge in [-0.1, -0.05) is 55.5 Å². The lowest BCUT2D eigenvalue weighted by Crippen LogP contribution is -2.39. The highest BCUT2D eigenvalue weighted by Crippen LogP contribution is 2.44. The highest BCUT2D eigenvalue weighted by Gasteiger charge is 2.34. The summed E-state index contributed by atoms with van der Waals surface area (Å²) in [6.45, 7) is 2.64. The summed E-state index contributed by atoms with van der Waals surface area (Å²) >= 11 is 0. The second-order valence-electron chi connectivity index (χ2n) is 9.22. The number of hydrogen-bond donors (Lipinski definition) is 2. The van der Waals surface area contributed by atoms with Gasteiger partial charge >= 0.3 is 12.1 Å². The fourth-order valence-electron chi connectivity index (χ4n) is 4.92. The van der Waals surface area contributed by atoms with E-state index in [0.717, 1.165) is 24.0 Å². The fourth-order valence-corrected chi connectivity index (χ4v) is 4.92. The van der Waals surface area contributed by atoms with Crippen molar-refractivity contribution < 1.29 is 24.2 Å². The highest BCUT2D eigenvalue weighted by molar-refractivity contribution is 5.82. The number of carbonyl (C=O) groups is 3. The topological polar surface area (TPSA) is 95.9 Å². The number of nitrogens with zero attached hydrogens (tertiary/aromatic N) is 1. The third kappa shape index (κ3) is 5.58. The monoisotopic (exact) mass is 464 g/mol. The maximum absolute atomic E-state index is 12.7. The van der Waals surface area contributed by atoms with Crippen molar-refractivity contribution in [3.63, 3.8) is 0 Å². The highest BCUT2D eigenvalue weighted by atomic mass is 16.5. The first-order valence-corrected chi connectivity index (χ1v) is 12.1. The van der Waals surface area contributed by atoms with E-state index in [1.165, 1.54) is 16.0 Å². The summed E-state index contributed by atoms with van der Waals surface area (Å²) in [6.07, 6.45) is 2.50. The Balaban J connectivity index is 1.32. The molecule has 0 heterocycles. The van der Waals surface area contributed by atoms with Crippen LogP contribution in [0.5, 0.6) is 0 Å². The number of nitrogens with one attached hydrogen (secondary N) is 1. The van der Waals surface area contributed by atoms with Gasteiger partial charge in [0.25, 0.3) is 0 Å². The van der Waals surface area contributed by atoms with E-state index in [1.807, 2.05) is 31.2 Å². The van der Waals surface area contributed by atoms with Crippen molar-refractivity contribution in [1.29, 1.82) is 0 Å². The number of rotatable bonds is 11. The summed E-state index contributed by atoms with van der Waals surface area (Å²) in [5, 5.41) is 11.9. The maximum atomic E-state index is 12.7. The molecule has 0 spiro atoms. The molecule has 1 fully saturated rings. The number of benzene rings is 2. The van der Waals surface area contributed by atoms with Gasteiger partial charge in [-0.3, -0.25) is 9.59 Å². The Morgan fingerprint density at radius 1 is 1.06 bits per heavy atom. The van der Waals surface area contributed by atoms with Crippen LogP contribution in [0.15, 0.2) is 48.5 Å². The Kier molecular flexibility index (Phi) is 7.50. The van der Waals surface area contributed by atoms with Crippen LogP contribution in [0.3, 0.4) is 0 Å². The molecule has 0 bridgehead atoms. The molecule has 2 aliphatic carbocycles. The van der Waals surface area contributed by atoms with E-state index in [4.69, 9.17) is 9.84 Å². The van der Waals surface area contributed by atoms with Crippen molar-refractivity contribution in [2.45, 2.75) is 38.5 Å². The van der Waals surface area contributed by atoms with Crippen molar-refractivity contribution in [2.24, 2.45) is 11.8 Å². The summed E-state index contributed by atoms with van der Waals surface area (Å²) in [6, 6.07) is 16.4. The smallest absolute Gasteiger partial charge is 0.407 e. The van der Waals surface area contributed by atoms with E-state index in [-0.39, 0.29) is 37.3 Å². The Hall–Kier alpha value is -3.35. The lowest BCUT2D eigenvalue weighted by atomic mass is 9.98. The molecule has 2 aliphatic rings. The zero-order valence-corrected chi connectivity index (χ0v) is 19.5. The molecular formula is C27H32N2O5. The van der Waals surface area contributed by atoms with E-state index in [0.29, 0.717) is 25.4 Å². The number of carboxylic acids is 1. The van der Waals surface area contributed by atoms with Crippen molar-refractivity contribution >= 4 is 18.0 Å². The van der Waals surface area contributed by atoms with Gasteiger partial charge in [0.15, 0.2) is 0 Å². The van der Waals surface area contributed by atoms with Crippen molar-refractivity contribution in [3.05, 3.63) is 59.7 Å². The molecule has 34 heavy (non-hydrogen) atoms. The van der Waals surface area contributed by atoms with Crippen LogP contribution in [-0.4, -0.2) is 54.2 Å². The van der Waals surface area contributed by atoms with Gasteiger partial charge in [0, 0.05) is 25.4 Å². The van der Waals surface area contributed by atoms with Crippen LogP contribution in [0.2, 0.25) is 0 Å². The molecule has 1 saturated carbocycles. The van der Waals surface area contributed by atoms with E-state index in [2.05, 4.69) is 29.6 Å². The number of amides is 2. The van der Waals surface area contributed by atoms with Gasteiger partial charge in [-0.15, -0.1) is 0 Å². The average Bonchev–Trinajstić information content (AvgIpc) is 3.62. The summed E-state index contributed by atoms with van der Waals surface area (Å²) in [5.41, 5.74) is 4.68. The van der Waals surface area contributed by atoms with E-state index in [1.54, 1.807) is 0 Å². The predicted octanol–water partition coefficient (Wildman–Crippen LogP) is 4.26. The normalized spacial score (nSPS) is 15.2. The van der Waals surface area contributed by atoms with Gasteiger partial charge in [0.1, 0.15) is 13.2 Å². The summed E-state index contributed by atoms with van der Waals surface area (Å²) in [4.78, 5) is 37.7. The number of carboxylic acid groups (broad SMARTS) is 1. The Morgan fingerprint density at radius 2 is 1.68 bits per heavy atom. The molecule has 180 valence electrons. The maximum Gasteiger partial charge on any atom is 0.407 e. The Morgan fingerprint density at radius 3 is 2.24 bits per heavy atom. The van der Waals surface area contributed by atoms with Gasteiger partial charge in [-0.25, -0.2) is 4.79 Å². The first-order chi connectivity index (χ1) is 16.5. The average molecular weight is 465 g/mol. The Bertz CT molecular complexity index is 1000. The number of fused-ring (bicyclic) bond motifs is 3. The molecule has 7 heteroatoms.